The van der Waals surface area contributed by atoms with Crippen LogP contribution in [0.2, 0.25) is 0 Å². The van der Waals surface area contributed by atoms with Gasteiger partial charge >= 0.3 is 5.97 Å². The zero-order valence-electron chi connectivity index (χ0n) is 11.3. The largest absolute Gasteiger partial charge is 0.462 e. The van der Waals surface area contributed by atoms with Gasteiger partial charge in [0, 0.05) is 5.57 Å². The maximum Gasteiger partial charge on any atom is 0.333 e. The lowest BCUT2D eigenvalue weighted by molar-refractivity contribution is -0.139. The molecule has 0 aliphatic carbocycles. The van der Waals surface area contributed by atoms with E-state index in [4.69, 9.17) is 4.74 Å². The first-order valence-corrected chi connectivity index (χ1v) is 6.11. The number of esters is 1. The van der Waals surface area contributed by atoms with Gasteiger partial charge in [0.05, 0.1) is 6.61 Å². The Kier molecular flexibility index (Phi) is 5.37. The second kappa shape index (κ2) is 6.80. The van der Waals surface area contributed by atoms with E-state index in [0.717, 1.165) is 11.1 Å². The van der Waals surface area contributed by atoms with Gasteiger partial charge in [0.25, 0.3) is 0 Å². The molecule has 0 N–H and O–H groups in total. The summed E-state index contributed by atoms with van der Waals surface area (Å²) in [6.45, 7) is 10.0. The minimum atomic E-state index is -0.262. The van der Waals surface area contributed by atoms with E-state index in [1.54, 1.807) is 13.0 Å². The summed E-state index contributed by atoms with van der Waals surface area (Å²) in [7, 11) is 0. The Morgan fingerprint density at radius 2 is 1.94 bits per heavy atom. The predicted molar refractivity (Wildman–Crippen MR) is 76.0 cm³/mol. The Bertz CT molecular complexity index is 456. The molecule has 1 aromatic carbocycles. The molecule has 0 aromatic heterocycles. The van der Waals surface area contributed by atoms with Crippen LogP contribution in [0.3, 0.4) is 0 Å². The van der Waals surface area contributed by atoms with Crippen molar-refractivity contribution in [1.29, 1.82) is 0 Å². The Hall–Kier alpha value is -1.83. The molecule has 0 aliphatic rings. The Morgan fingerprint density at radius 3 is 2.50 bits per heavy atom. The summed E-state index contributed by atoms with van der Waals surface area (Å²) in [6.07, 6.45) is 3.61. The predicted octanol–water partition coefficient (Wildman–Crippen LogP) is 3.93. The van der Waals surface area contributed by atoms with Crippen molar-refractivity contribution in [1.82, 2.24) is 0 Å². The number of hydrogen-bond acceptors (Lipinski definition) is 2. The van der Waals surface area contributed by atoms with E-state index >= 15 is 0 Å². The summed E-state index contributed by atoms with van der Waals surface area (Å²) in [5, 5.41) is 0. The number of carbonyl (C=O) groups excluding carboxylic acids is 1. The first-order valence-electron chi connectivity index (χ1n) is 6.11. The van der Waals surface area contributed by atoms with Crippen molar-refractivity contribution in [3.05, 3.63) is 47.5 Å². The molecule has 0 bridgehead atoms. The van der Waals surface area contributed by atoms with E-state index < -0.39 is 0 Å². The van der Waals surface area contributed by atoms with Gasteiger partial charge in [-0.2, -0.15) is 0 Å². The van der Waals surface area contributed by atoms with Crippen LogP contribution in [0.4, 0.5) is 0 Å². The Morgan fingerprint density at radius 1 is 1.33 bits per heavy atom. The highest BCUT2D eigenvalue weighted by molar-refractivity contribution is 5.93. The van der Waals surface area contributed by atoms with Crippen LogP contribution in [0.5, 0.6) is 0 Å². The summed E-state index contributed by atoms with van der Waals surface area (Å²) in [4.78, 5) is 11.7. The Balaban J connectivity index is 2.82. The molecule has 0 saturated carbocycles. The van der Waals surface area contributed by atoms with Gasteiger partial charge in [-0.05, 0) is 30.0 Å². The molecular formula is C16H20O2. The molecule has 2 heteroatoms. The molecule has 96 valence electrons. The second-order valence-electron chi connectivity index (χ2n) is 4.65. The summed E-state index contributed by atoms with van der Waals surface area (Å²) < 4.78 is 5.18. The van der Waals surface area contributed by atoms with Crippen LogP contribution < -0.4 is 0 Å². The number of ether oxygens (including phenoxy) is 1. The molecule has 0 atom stereocenters. The van der Waals surface area contributed by atoms with Gasteiger partial charge in [-0.1, -0.05) is 50.8 Å². The quantitative estimate of drug-likeness (QED) is 0.579. The normalized spacial score (nSPS) is 11.4. The maximum atomic E-state index is 11.7. The molecule has 0 fully saturated rings. The van der Waals surface area contributed by atoms with Crippen molar-refractivity contribution in [3.8, 4) is 0 Å². The fourth-order valence-electron chi connectivity index (χ4n) is 1.48. The van der Waals surface area contributed by atoms with Gasteiger partial charge in [-0.15, -0.1) is 0 Å². The van der Waals surface area contributed by atoms with Crippen molar-refractivity contribution in [2.24, 2.45) is 5.92 Å². The van der Waals surface area contributed by atoms with Gasteiger partial charge in [0.15, 0.2) is 0 Å². The van der Waals surface area contributed by atoms with E-state index in [2.05, 4.69) is 6.58 Å². The third-order valence-corrected chi connectivity index (χ3v) is 2.46. The minimum absolute atomic E-state index is 0.262. The molecule has 2 nitrogen and oxygen atoms in total. The topological polar surface area (TPSA) is 26.3 Å². The van der Waals surface area contributed by atoms with E-state index in [-0.39, 0.29) is 5.97 Å². The van der Waals surface area contributed by atoms with Crippen LogP contribution in [-0.4, -0.2) is 12.6 Å². The van der Waals surface area contributed by atoms with Crippen molar-refractivity contribution in [2.45, 2.75) is 20.8 Å². The molecule has 0 radical (unpaired) electrons. The molecule has 1 rings (SSSR count). The summed E-state index contributed by atoms with van der Waals surface area (Å²) in [5.74, 6) is 0.0878. The first-order chi connectivity index (χ1) is 8.54. The van der Waals surface area contributed by atoms with E-state index in [9.17, 15) is 4.79 Å². The lowest BCUT2D eigenvalue weighted by Gasteiger charge is -2.08. The van der Waals surface area contributed by atoms with Crippen LogP contribution in [0.15, 0.2) is 36.4 Å². The molecular weight excluding hydrogens is 224 g/mol. The smallest absolute Gasteiger partial charge is 0.333 e. The van der Waals surface area contributed by atoms with Crippen LogP contribution in [-0.2, 0) is 9.53 Å². The molecule has 0 amide bonds. The molecule has 0 saturated heterocycles. The van der Waals surface area contributed by atoms with Gasteiger partial charge in [0.2, 0.25) is 0 Å². The molecule has 0 spiro atoms. The fraction of sp³-hybridized carbons (Fsp3) is 0.312. The third-order valence-electron chi connectivity index (χ3n) is 2.46. The van der Waals surface area contributed by atoms with Crippen molar-refractivity contribution in [2.75, 3.05) is 6.61 Å². The van der Waals surface area contributed by atoms with E-state index in [0.29, 0.717) is 18.1 Å². The van der Waals surface area contributed by atoms with E-state index in [1.807, 2.05) is 44.2 Å². The standard InChI is InChI=1S/C16H20O2/c1-5-14-8-6-7-9-15(14)10-13(4)16(17)18-11-12(2)3/h5-10,12H,1,11H2,2-4H3/b13-10+. The lowest BCUT2D eigenvalue weighted by Crippen LogP contribution is -2.10. The number of benzene rings is 1. The molecule has 0 aliphatic heterocycles. The SMILES string of the molecule is C=Cc1ccccc1/C=C(\C)C(=O)OCC(C)C. The average molecular weight is 244 g/mol. The molecule has 1 aromatic rings. The van der Waals surface area contributed by atoms with Crippen molar-refractivity contribution < 1.29 is 9.53 Å². The Labute approximate surface area is 109 Å². The highest BCUT2D eigenvalue weighted by Gasteiger charge is 2.07. The fourth-order valence-corrected chi connectivity index (χ4v) is 1.48. The van der Waals surface area contributed by atoms with Crippen molar-refractivity contribution in [3.63, 3.8) is 0 Å². The summed E-state index contributed by atoms with van der Waals surface area (Å²) in [6, 6.07) is 7.80. The first kappa shape index (κ1) is 14.2. The summed E-state index contributed by atoms with van der Waals surface area (Å²) in [5.41, 5.74) is 2.59. The van der Waals surface area contributed by atoms with Crippen molar-refractivity contribution >= 4 is 18.1 Å². The van der Waals surface area contributed by atoms with Crippen LogP contribution >= 0.6 is 0 Å². The molecule has 18 heavy (non-hydrogen) atoms. The van der Waals surface area contributed by atoms with Gasteiger partial charge in [0.1, 0.15) is 0 Å². The highest BCUT2D eigenvalue weighted by Crippen LogP contribution is 2.15. The number of hydrogen-bond donors (Lipinski definition) is 0. The van der Waals surface area contributed by atoms with Gasteiger partial charge in [-0.3, -0.25) is 0 Å². The number of carbonyl (C=O) groups is 1. The van der Waals surface area contributed by atoms with Crippen LogP contribution in [0.25, 0.3) is 12.2 Å². The zero-order chi connectivity index (χ0) is 13.5. The highest BCUT2D eigenvalue weighted by atomic mass is 16.5. The minimum Gasteiger partial charge on any atom is -0.462 e. The van der Waals surface area contributed by atoms with E-state index in [1.165, 1.54) is 0 Å². The van der Waals surface area contributed by atoms with Gasteiger partial charge < -0.3 is 4.74 Å². The van der Waals surface area contributed by atoms with Gasteiger partial charge in [-0.25, -0.2) is 4.79 Å². The number of rotatable bonds is 5. The van der Waals surface area contributed by atoms with Crippen LogP contribution in [0.1, 0.15) is 31.9 Å². The monoisotopic (exact) mass is 244 g/mol. The third kappa shape index (κ3) is 4.21. The summed E-state index contributed by atoms with van der Waals surface area (Å²) >= 11 is 0. The molecule has 0 unspecified atom stereocenters. The second-order valence-corrected chi connectivity index (χ2v) is 4.65. The maximum absolute atomic E-state index is 11.7. The molecule has 0 heterocycles. The van der Waals surface area contributed by atoms with Crippen LogP contribution in [0, 0.1) is 5.92 Å². The lowest BCUT2D eigenvalue weighted by atomic mass is 10.1. The average Bonchev–Trinajstić information content (AvgIpc) is 2.36. The zero-order valence-corrected chi connectivity index (χ0v) is 11.3.